The minimum absolute atomic E-state index is 0.0609. The molecule has 1 aliphatic rings. The number of hydrogen-bond acceptors (Lipinski definition) is 11. The van der Waals surface area contributed by atoms with Gasteiger partial charge in [-0.1, -0.05) is 12.1 Å². The van der Waals surface area contributed by atoms with E-state index in [2.05, 4.69) is 0 Å². The number of nitrogens with zero attached hydrogens (tertiary/aromatic N) is 2. The Hall–Kier alpha value is -3.38. The van der Waals surface area contributed by atoms with E-state index in [1.54, 1.807) is 45.7 Å². The van der Waals surface area contributed by atoms with Crippen molar-refractivity contribution in [3.63, 3.8) is 0 Å². The van der Waals surface area contributed by atoms with Crippen LogP contribution in [0.15, 0.2) is 46.1 Å². The first-order valence-electron chi connectivity index (χ1n) is 11.4. The molecule has 0 saturated heterocycles. The molecule has 12 heteroatoms. The molecule has 11 nitrogen and oxygen atoms in total. The summed E-state index contributed by atoms with van der Waals surface area (Å²) in [6.45, 7) is 6.98. The van der Waals surface area contributed by atoms with Crippen LogP contribution in [-0.2, 0) is 28.6 Å². The van der Waals surface area contributed by atoms with Gasteiger partial charge in [-0.3, -0.25) is 14.9 Å². The van der Waals surface area contributed by atoms with Crippen molar-refractivity contribution in [2.45, 2.75) is 39.7 Å². The van der Waals surface area contributed by atoms with Crippen LogP contribution in [-0.4, -0.2) is 66.4 Å². The normalized spacial score (nSPS) is 16.5. The maximum atomic E-state index is 13.3. The number of nitro groups is 1. The van der Waals surface area contributed by atoms with Gasteiger partial charge in [0.2, 0.25) is 0 Å². The van der Waals surface area contributed by atoms with Gasteiger partial charge in [0, 0.05) is 30.6 Å². The van der Waals surface area contributed by atoms with Crippen molar-refractivity contribution >= 4 is 35.4 Å². The molecule has 0 aromatic heterocycles. The lowest BCUT2D eigenvalue weighted by Crippen LogP contribution is -2.37. The number of nitrogens with two attached hydrogens (primary N) is 1. The summed E-state index contributed by atoms with van der Waals surface area (Å²) < 4.78 is 15.6. The lowest BCUT2D eigenvalue weighted by Gasteiger charge is -2.36. The molecule has 0 amide bonds. The van der Waals surface area contributed by atoms with E-state index in [1.165, 1.54) is 18.2 Å². The van der Waals surface area contributed by atoms with E-state index in [9.17, 15) is 24.5 Å². The fourth-order valence-electron chi connectivity index (χ4n) is 3.69. The Morgan fingerprint density at radius 1 is 1.08 bits per heavy atom. The molecule has 0 radical (unpaired) electrons. The maximum absolute atomic E-state index is 13.3. The molecule has 0 aliphatic carbocycles. The highest BCUT2D eigenvalue weighted by Gasteiger charge is 2.41. The number of nitro benzene ring substituents is 1. The number of rotatable bonds is 11. The van der Waals surface area contributed by atoms with Crippen LogP contribution in [0.1, 0.15) is 39.2 Å². The second-order valence-corrected chi connectivity index (χ2v) is 8.68. The lowest BCUT2D eigenvalue weighted by molar-refractivity contribution is -0.384. The Labute approximate surface area is 213 Å². The Kier molecular flexibility index (Phi) is 10.5. The molecule has 0 fully saturated rings. The van der Waals surface area contributed by atoms with Crippen LogP contribution in [0.5, 0.6) is 0 Å². The molecule has 0 bridgehead atoms. The number of non-ortho nitro benzene ring substituents is 1. The van der Waals surface area contributed by atoms with Crippen LogP contribution in [0.4, 0.5) is 5.69 Å². The van der Waals surface area contributed by atoms with E-state index in [0.717, 1.165) is 11.8 Å². The van der Waals surface area contributed by atoms with Gasteiger partial charge in [0.05, 0.1) is 46.8 Å². The van der Waals surface area contributed by atoms with E-state index >= 15 is 0 Å². The number of carbonyl (C=O) groups is 3. The molecule has 2 N–H and O–H groups in total. The van der Waals surface area contributed by atoms with Crippen LogP contribution in [0.2, 0.25) is 0 Å². The first-order valence-corrected chi connectivity index (χ1v) is 12.4. The third kappa shape index (κ3) is 6.43. The summed E-state index contributed by atoms with van der Waals surface area (Å²) in [4.78, 5) is 51.1. The maximum Gasteiger partial charge on any atom is 0.337 e. The van der Waals surface area contributed by atoms with E-state index < -0.39 is 34.8 Å². The molecule has 1 heterocycles. The Morgan fingerprint density at radius 2 is 1.67 bits per heavy atom. The monoisotopic (exact) mass is 521 g/mol. The van der Waals surface area contributed by atoms with E-state index in [0.29, 0.717) is 16.3 Å². The predicted molar refractivity (Wildman–Crippen MR) is 134 cm³/mol. The van der Waals surface area contributed by atoms with Crippen molar-refractivity contribution in [1.82, 2.24) is 4.90 Å². The van der Waals surface area contributed by atoms with Gasteiger partial charge < -0.3 is 24.8 Å². The van der Waals surface area contributed by atoms with Gasteiger partial charge in [-0.15, -0.1) is 11.8 Å². The molecular weight excluding hydrogens is 490 g/mol. The minimum Gasteiger partial charge on any atom is -0.465 e. The molecule has 1 aromatic carbocycles. The fraction of sp³-hybridized carbons (Fsp3) is 0.458. The molecular formula is C24H31N3O8S. The highest BCUT2D eigenvalue weighted by atomic mass is 32.2. The smallest absolute Gasteiger partial charge is 0.337 e. The van der Waals surface area contributed by atoms with E-state index in [1.807, 2.05) is 0 Å². The predicted octanol–water partition coefficient (Wildman–Crippen LogP) is 2.86. The zero-order valence-electron chi connectivity index (χ0n) is 20.9. The van der Waals surface area contributed by atoms with Gasteiger partial charge in [-0.2, -0.15) is 0 Å². The summed E-state index contributed by atoms with van der Waals surface area (Å²) in [5.74, 6) is -2.89. The quantitative estimate of drug-likeness (QED) is 0.198. The number of carbonyl (C=O) groups excluding carboxylic acids is 3. The van der Waals surface area contributed by atoms with Gasteiger partial charge in [-0.25, -0.2) is 9.59 Å². The topological polar surface area (TPSA) is 151 Å². The van der Waals surface area contributed by atoms with Crippen molar-refractivity contribution in [3.05, 3.63) is 61.8 Å². The summed E-state index contributed by atoms with van der Waals surface area (Å²) >= 11 is 1.13. The van der Waals surface area contributed by atoms with Crippen LogP contribution in [0, 0.1) is 10.1 Å². The zero-order chi connectivity index (χ0) is 27.0. The first-order chi connectivity index (χ1) is 17.1. The Morgan fingerprint density at radius 3 is 2.22 bits per heavy atom. The summed E-state index contributed by atoms with van der Waals surface area (Å²) in [5, 5.41) is 11.9. The highest BCUT2D eigenvalue weighted by molar-refractivity contribution is 8.03. The third-order valence-electron chi connectivity index (χ3n) is 5.40. The van der Waals surface area contributed by atoms with Crippen LogP contribution in [0.3, 0.4) is 0 Å². The standard InChI is InChI=1S/C24H31N3O8S/c1-6-33-22(28)17(25)13-36-21-20(24(30)35-8-3)19(15-10-9-11-16(12-15)27(31)32)18(14(4)26(21)5)23(29)34-7-2/h9-12,17,19H,6-8,13,25H2,1-5H3. The second kappa shape index (κ2) is 13.1. The molecule has 1 aromatic rings. The largest absolute Gasteiger partial charge is 0.465 e. The highest BCUT2D eigenvalue weighted by Crippen LogP contribution is 2.46. The van der Waals surface area contributed by atoms with Gasteiger partial charge in [0.25, 0.3) is 5.69 Å². The number of benzene rings is 1. The van der Waals surface area contributed by atoms with Gasteiger partial charge in [0.15, 0.2) is 0 Å². The average molecular weight is 522 g/mol. The Balaban J connectivity index is 2.74. The van der Waals surface area contributed by atoms with Crippen molar-refractivity contribution in [2.75, 3.05) is 32.6 Å². The zero-order valence-corrected chi connectivity index (χ0v) is 21.8. The number of hydrogen-bond donors (Lipinski definition) is 1. The lowest BCUT2D eigenvalue weighted by atomic mass is 9.81. The molecule has 2 unspecified atom stereocenters. The third-order valence-corrected chi connectivity index (χ3v) is 6.69. The van der Waals surface area contributed by atoms with Crippen LogP contribution >= 0.6 is 11.8 Å². The number of thioether (sulfide) groups is 1. The van der Waals surface area contributed by atoms with Crippen molar-refractivity contribution in [3.8, 4) is 0 Å². The van der Waals surface area contributed by atoms with Gasteiger partial charge >= 0.3 is 17.9 Å². The fourth-order valence-corrected chi connectivity index (χ4v) is 4.85. The molecule has 36 heavy (non-hydrogen) atoms. The minimum atomic E-state index is -1.01. The number of allylic oxidation sites excluding steroid dienone is 1. The SMILES string of the molecule is CCOC(=O)C1=C(C)N(C)C(SCC(N)C(=O)OCC)=C(C(=O)OCC)C1c1cccc([N+](=O)[O-])c1. The molecule has 0 saturated carbocycles. The first kappa shape index (κ1) is 28.9. The second-order valence-electron chi connectivity index (χ2n) is 7.67. The summed E-state index contributed by atoms with van der Waals surface area (Å²) in [5.41, 5.74) is 6.85. The van der Waals surface area contributed by atoms with Gasteiger partial charge in [-0.05, 0) is 33.3 Å². The summed E-state index contributed by atoms with van der Waals surface area (Å²) in [7, 11) is 1.66. The van der Waals surface area contributed by atoms with E-state index in [4.69, 9.17) is 19.9 Å². The number of esters is 3. The van der Waals surface area contributed by atoms with Crippen molar-refractivity contribution in [2.24, 2.45) is 5.73 Å². The summed E-state index contributed by atoms with van der Waals surface area (Å²) in [6.07, 6.45) is 0. The molecule has 196 valence electrons. The Bertz CT molecular complexity index is 1080. The number of ether oxygens (including phenoxy) is 3. The molecule has 2 rings (SSSR count). The molecule has 0 spiro atoms. The molecule has 1 aliphatic heterocycles. The van der Waals surface area contributed by atoms with E-state index in [-0.39, 0.29) is 42.4 Å². The molecule has 2 atom stereocenters. The van der Waals surface area contributed by atoms with Crippen LogP contribution < -0.4 is 5.73 Å². The van der Waals surface area contributed by atoms with Crippen molar-refractivity contribution in [1.29, 1.82) is 0 Å². The summed E-state index contributed by atoms with van der Waals surface area (Å²) in [6, 6.07) is 4.75. The average Bonchev–Trinajstić information content (AvgIpc) is 2.84. The van der Waals surface area contributed by atoms with Gasteiger partial charge in [0.1, 0.15) is 6.04 Å². The van der Waals surface area contributed by atoms with Crippen molar-refractivity contribution < 1.29 is 33.5 Å². The van der Waals surface area contributed by atoms with Crippen LogP contribution in [0.25, 0.3) is 0 Å².